The molecular formula is C10H13Cl2N. The second-order valence-corrected chi connectivity index (χ2v) is 4.03. The van der Waals surface area contributed by atoms with E-state index in [0.717, 1.165) is 12.1 Å². The van der Waals surface area contributed by atoms with Crippen molar-refractivity contribution in [2.45, 2.75) is 26.4 Å². The molecule has 0 saturated carbocycles. The number of benzene rings is 1. The van der Waals surface area contributed by atoms with Crippen LogP contribution in [0, 0.1) is 0 Å². The van der Waals surface area contributed by atoms with Gasteiger partial charge in [-0.3, -0.25) is 0 Å². The van der Waals surface area contributed by atoms with E-state index in [-0.39, 0.29) is 0 Å². The van der Waals surface area contributed by atoms with Crippen LogP contribution >= 0.6 is 23.2 Å². The van der Waals surface area contributed by atoms with Gasteiger partial charge < -0.3 is 5.32 Å². The number of hydrogen-bond donors (Lipinski definition) is 1. The Balaban J connectivity index is 2.71. The summed E-state index contributed by atoms with van der Waals surface area (Å²) in [4.78, 5) is 0. The highest BCUT2D eigenvalue weighted by Crippen LogP contribution is 2.25. The van der Waals surface area contributed by atoms with E-state index in [1.807, 2.05) is 12.1 Å². The minimum atomic E-state index is 0.454. The molecule has 0 saturated heterocycles. The minimum Gasteiger partial charge on any atom is -0.310 e. The van der Waals surface area contributed by atoms with Crippen molar-refractivity contribution in [3.05, 3.63) is 33.8 Å². The predicted octanol–water partition coefficient (Wildman–Crippen LogP) is 3.49. The van der Waals surface area contributed by atoms with E-state index in [0.29, 0.717) is 16.1 Å². The highest BCUT2D eigenvalue weighted by molar-refractivity contribution is 6.42. The zero-order valence-electron chi connectivity index (χ0n) is 7.77. The lowest BCUT2D eigenvalue weighted by Gasteiger charge is -2.09. The van der Waals surface area contributed by atoms with E-state index < -0.39 is 0 Å². The summed E-state index contributed by atoms with van der Waals surface area (Å²) in [6, 6.07) is 6.13. The Hall–Kier alpha value is -0.240. The molecule has 1 nitrogen and oxygen atoms in total. The Bertz CT molecular complexity index is 284. The number of hydrogen-bond acceptors (Lipinski definition) is 1. The molecule has 0 heterocycles. The van der Waals surface area contributed by atoms with Crippen LogP contribution in [0.5, 0.6) is 0 Å². The van der Waals surface area contributed by atoms with Gasteiger partial charge in [0.05, 0.1) is 10.0 Å². The predicted molar refractivity (Wildman–Crippen MR) is 58.4 cm³/mol. The molecular weight excluding hydrogens is 205 g/mol. The monoisotopic (exact) mass is 217 g/mol. The average Bonchev–Trinajstić information content (AvgIpc) is 2.07. The maximum Gasteiger partial charge on any atom is 0.0637 e. The minimum absolute atomic E-state index is 0.454. The zero-order valence-corrected chi connectivity index (χ0v) is 9.28. The summed E-state index contributed by atoms with van der Waals surface area (Å²) in [6.07, 6.45) is 0. The molecule has 0 unspecified atom stereocenters. The standard InChI is InChI=1S/C10H13Cl2N/c1-7(2)13-6-8-4-3-5-9(11)10(8)12/h3-5,7,13H,6H2,1-2H3. The molecule has 0 aliphatic heterocycles. The van der Waals surface area contributed by atoms with Crippen molar-refractivity contribution in [1.82, 2.24) is 5.32 Å². The molecule has 13 heavy (non-hydrogen) atoms. The molecule has 0 bridgehead atoms. The molecule has 0 aliphatic carbocycles. The molecule has 0 radical (unpaired) electrons. The molecule has 0 aromatic heterocycles. The topological polar surface area (TPSA) is 12.0 Å². The van der Waals surface area contributed by atoms with Crippen LogP contribution < -0.4 is 5.32 Å². The summed E-state index contributed by atoms with van der Waals surface area (Å²) in [7, 11) is 0. The third-order valence-electron chi connectivity index (χ3n) is 1.73. The fraction of sp³-hybridized carbons (Fsp3) is 0.400. The van der Waals surface area contributed by atoms with E-state index in [9.17, 15) is 0 Å². The van der Waals surface area contributed by atoms with Crippen LogP contribution in [0.2, 0.25) is 10.0 Å². The van der Waals surface area contributed by atoms with Gasteiger partial charge in [0.2, 0.25) is 0 Å². The Morgan fingerprint density at radius 1 is 1.31 bits per heavy atom. The quantitative estimate of drug-likeness (QED) is 0.818. The maximum atomic E-state index is 6.00. The van der Waals surface area contributed by atoms with E-state index in [2.05, 4.69) is 19.2 Å². The maximum absolute atomic E-state index is 6.00. The number of nitrogens with one attached hydrogen (secondary N) is 1. The van der Waals surface area contributed by atoms with Gasteiger partial charge in [0, 0.05) is 12.6 Å². The van der Waals surface area contributed by atoms with Gasteiger partial charge in [-0.2, -0.15) is 0 Å². The molecule has 0 fully saturated rings. The Labute approximate surface area is 89.0 Å². The van der Waals surface area contributed by atoms with Gasteiger partial charge in [-0.1, -0.05) is 49.2 Å². The molecule has 1 aromatic rings. The van der Waals surface area contributed by atoms with Crippen molar-refractivity contribution in [1.29, 1.82) is 0 Å². The first-order valence-electron chi connectivity index (χ1n) is 4.27. The Morgan fingerprint density at radius 3 is 2.62 bits per heavy atom. The molecule has 1 N–H and O–H groups in total. The average molecular weight is 218 g/mol. The van der Waals surface area contributed by atoms with Crippen molar-refractivity contribution >= 4 is 23.2 Å². The third-order valence-corrected chi connectivity index (χ3v) is 2.59. The second-order valence-electron chi connectivity index (χ2n) is 3.25. The summed E-state index contributed by atoms with van der Waals surface area (Å²) in [5, 5.41) is 4.55. The van der Waals surface area contributed by atoms with Crippen molar-refractivity contribution in [2.75, 3.05) is 0 Å². The molecule has 1 rings (SSSR count). The van der Waals surface area contributed by atoms with E-state index in [1.54, 1.807) is 6.07 Å². The summed E-state index contributed by atoms with van der Waals surface area (Å²) < 4.78 is 0. The van der Waals surface area contributed by atoms with Crippen LogP contribution in [0.15, 0.2) is 18.2 Å². The molecule has 0 aliphatic rings. The van der Waals surface area contributed by atoms with Crippen LogP contribution in [0.25, 0.3) is 0 Å². The van der Waals surface area contributed by atoms with Gasteiger partial charge in [-0.05, 0) is 11.6 Å². The molecule has 72 valence electrons. The first-order valence-corrected chi connectivity index (χ1v) is 5.03. The normalized spacial score (nSPS) is 10.8. The number of halogens is 2. The highest BCUT2D eigenvalue weighted by Gasteiger charge is 2.03. The van der Waals surface area contributed by atoms with Crippen LogP contribution in [0.3, 0.4) is 0 Å². The summed E-state index contributed by atoms with van der Waals surface area (Å²) in [5.74, 6) is 0. The van der Waals surface area contributed by atoms with Crippen molar-refractivity contribution in [3.63, 3.8) is 0 Å². The van der Waals surface area contributed by atoms with E-state index in [1.165, 1.54) is 0 Å². The summed E-state index contributed by atoms with van der Waals surface area (Å²) in [5.41, 5.74) is 1.04. The van der Waals surface area contributed by atoms with Gasteiger partial charge in [-0.15, -0.1) is 0 Å². The molecule has 3 heteroatoms. The van der Waals surface area contributed by atoms with Crippen molar-refractivity contribution < 1.29 is 0 Å². The SMILES string of the molecule is CC(C)NCc1cccc(Cl)c1Cl. The lowest BCUT2D eigenvalue weighted by atomic mass is 10.2. The van der Waals surface area contributed by atoms with Crippen molar-refractivity contribution in [2.24, 2.45) is 0 Å². The highest BCUT2D eigenvalue weighted by atomic mass is 35.5. The molecule has 0 amide bonds. The smallest absolute Gasteiger partial charge is 0.0637 e. The molecule has 0 spiro atoms. The van der Waals surface area contributed by atoms with E-state index in [4.69, 9.17) is 23.2 Å². The van der Waals surface area contributed by atoms with Crippen LogP contribution in [0.4, 0.5) is 0 Å². The second kappa shape index (κ2) is 4.85. The third kappa shape index (κ3) is 3.18. The fourth-order valence-corrected chi connectivity index (χ4v) is 1.39. The Kier molecular flexibility index (Phi) is 4.04. The van der Waals surface area contributed by atoms with Gasteiger partial charge in [0.25, 0.3) is 0 Å². The summed E-state index contributed by atoms with van der Waals surface area (Å²) in [6.45, 7) is 4.95. The van der Waals surface area contributed by atoms with Gasteiger partial charge in [0.1, 0.15) is 0 Å². The lowest BCUT2D eigenvalue weighted by molar-refractivity contribution is 0.589. The van der Waals surface area contributed by atoms with Crippen molar-refractivity contribution in [3.8, 4) is 0 Å². The van der Waals surface area contributed by atoms with Crippen LogP contribution in [0.1, 0.15) is 19.4 Å². The molecule has 0 atom stereocenters. The van der Waals surface area contributed by atoms with Crippen LogP contribution in [-0.2, 0) is 6.54 Å². The zero-order chi connectivity index (χ0) is 9.84. The molecule has 1 aromatic carbocycles. The van der Waals surface area contributed by atoms with Crippen LogP contribution in [-0.4, -0.2) is 6.04 Å². The van der Waals surface area contributed by atoms with Gasteiger partial charge in [-0.25, -0.2) is 0 Å². The first kappa shape index (κ1) is 10.8. The first-order chi connectivity index (χ1) is 6.11. The number of rotatable bonds is 3. The summed E-state index contributed by atoms with van der Waals surface area (Å²) >= 11 is 11.9. The Morgan fingerprint density at radius 2 is 2.00 bits per heavy atom. The fourth-order valence-electron chi connectivity index (χ4n) is 0.999. The lowest BCUT2D eigenvalue weighted by Crippen LogP contribution is -2.21. The van der Waals surface area contributed by atoms with Gasteiger partial charge in [0.15, 0.2) is 0 Å². The van der Waals surface area contributed by atoms with E-state index >= 15 is 0 Å². The van der Waals surface area contributed by atoms with Gasteiger partial charge >= 0.3 is 0 Å². The largest absolute Gasteiger partial charge is 0.310 e.